The first-order chi connectivity index (χ1) is 15.4. The van der Waals surface area contributed by atoms with Crippen LogP contribution in [0.15, 0.2) is 41.4 Å². The van der Waals surface area contributed by atoms with Crippen molar-refractivity contribution in [3.05, 3.63) is 64.1 Å². The van der Waals surface area contributed by atoms with Crippen molar-refractivity contribution < 1.29 is 9.39 Å². The molecule has 0 bridgehead atoms. The molecule has 2 aromatic carbocycles. The lowest BCUT2D eigenvalue weighted by atomic mass is 9.92. The summed E-state index contributed by atoms with van der Waals surface area (Å²) in [5.74, 6) is 1.61. The fourth-order valence-electron chi connectivity index (χ4n) is 4.42. The van der Waals surface area contributed by atoms with Crippen LogP contribution in [0.5, 0.6) is 0 Å². The van der Waals surface area contributed by atoms with E-state index in [2.05, 4.69) is 91.8 Å². The van der Waals surface area contributed by atoms with Gasteiger partial charge in [-0.25, -0.2) is 4.79 Å². The Balaban J connectivity index is 2.34. The number of amides is 2. The molecule has 5 nitrogen and oxygen atoms in total. The van der Waals surface area contributed by atoms with Crippen molar-refractivity contribution in [2.24, 2.45) is 4.99 Å². The van der Waals surface area contributed by atoms with Gasteiger partial charge in [-0.2, -0.15) is 10.0 Å². The number of quaternary nitrogens is 1. The number of aliphatic imine (C=N–C) groups is 1. The molecule has 0 saturated carbocycles. The van der Waals surface area contributed by atoms with Gasteiger partial charge in [0.25, 0.3) is 0 Å². The lowest BCUT2D eigenvalue weighted by molar-refractivity contribution is -0.757. The number of hydrogen-bond donors (Lipinski definition) is 0. The van der Waals surface area contributed by atoms with Crippen molar-refractivity contribution in [2.45, 2.75) is 79.1 Å². The van der Waals surface area contributed by atoms with Gasteiger partial charge in [0.2, 0.25) is 0 Å². The molecule has 0 radical (unpaired) electrons. The smallest absolute Gasteiger partial charge is 0.354 e. The zero-order valence-electron chi connectivity index (χ0n) is 22.0. The van der Waals surface area contributed by atoms with Crippen LogP contribution in [-0.2, 0) is 0 Å². The molecule has 5 heteroatoms. The quantitative estimate of drug-likeness (QED) is 0.411. The van der Waals surface area contributed by atoms with E-state index >= 15 is 0 Å². The summed E-state index contributed by atoms with van der Waals surface area (Å²) in [6, 6.07) is 12.6. The molecule has 1 aliphatic rings. The number of benzene rings is 2. The Morgan fingerprint density at radius 2 is 1.12 bits per heavy atom. The Hall–Kier alpha value is -2.66. The molecular weight excluding hydrogens is 408 g/mol. The van der Waals surface area contributed by atoms with Crippen LogP contribution in [-0.4, -0.2) is 30.7 Å². The van der Waals surface area contributed by atoms with E-state index in [0.29, 0.717) is 17.8 Å². The van der Waals surface area contributed by atoms with Gasteiger partial charge in [-0.15, -0.1) is 0 Å². The molecule has 1 fully saturated rings. The van der Waals surface area contributed by atoms with Crippen molar-refractivity contribution in [2.75, 3.05) is 19.0 Å². The molecule has 0 spiro atoms. The minimum Gasteiger partial charge on any atom is -0.354 e. The molecule has 0 unspecified atom stereocenters. The summed E-state index contributed by atoms with van der Waals surface area (Å²) >= 11 is 0. The van der Waals surface area contributed by atoms with Gasteiger partial charge in [0.15, 0.2) is 0 Å². The van der Waals surface area contributed by atoms with Crippen LogP contribution in [0.2, 0.25) is 0 Å². The highest BCUT2D eigenvalue weighted by atomic mass is 16.2. The van der Waals surface area contributed by atoms with Crippen LogP contribution in [0.3, 0.4) is 0 Å². The number of urea groups is 1. The zero-order chi connectivity index (χ0) is 24.7. The Labute approximate surface area is 200 Å². The molecule has 178 valence electrons. The fraction of sp³-hybridized carbons (Fsp3) is 0.500. The van der Waals surface area contributed by atoms with Crippen LogP contribution in [0.4, 0.5) is 16.2 Å². The van der Waals surface area contributed by atoms with E-state index in [1.165, 1.54) is 11.1 Å². The molecule has 2 aromatic rings. The lowest BCUT2D eigenvalue weighted by Crippen LogP contribution is -2.42. The zero-order valence-corrected chi connectivity index (χ0v) is 22.0. The maximum Gasteiger partial charge on any atom is 0.387 e. The van der Waals surface area contributed by atoms with Crippen molar-refractivity contribution in [3.8, 4) is 0 Å². The molecule has 2 amide bonds. The number of carbonyl (C=O) groups excluding carboxylic acids is 1. The monoisotopic (exact) mass is 448 g/mol. The predicted molar refractivity (Wildman–Crippen MR) is 140 cm³/mol. The van der Waals surface area contributed by atoms with Gasteiger partial charge in [-0.3, -0.25) is 4.90 Å². The van der Waals surface area contributed by atoms with Crippen LogP contribution in [0, 0.1) is 0 Å². The first kappa shape index (κ1) is 25.0. The highest BCUT2D eigenvalue weighted by molar-refractivity contribution is 6.23. The summed E-state index contributed by atoms with van der Waals surface area (Å²) in [7, 11) is 3.64. The summed E-state index contributed by atoms with van der Waals surface area (Å²) in [5, 5.41) is 0. The van der Waals surface area contributed by atoms with Gasteiger partial charge in [0.1, 0.15) is 0 Å². The van der Waals surface area contributed by atoms with Crippen molar-refractivity contribution >= 4 is 23.4 Å². The molecule has 0 aliphatic carbocycles. The van der Waals surface area contributed by atoms with Gasteiger partial charge < -0.3 is 4.99 Å². The molecular formula is C28H40N4O. The van der Waals surface area contributed by atoms with Crippen LogP contribution >= 0.6 is 0 Å². The standard InChI is InChI=1S/C28H40N4O/c1-17(2)21-13-11-14-22(18(3)4)25(21)29-27-30-32(9,10)28(33)31(27)26-23(19(5)6)15-12-16-24(26)20(7)8/h11-20H,1-10H3. The van der Waals surface area contributed by atoms with E-state index in [1.807, 2.05) is 14.1 Å². The molecule has 0 aromatic heterocycles. The van der Waals surface area contributed by atoms with Gasteiger partial charge in [0, 0.05) is 5.69 Å². The minimum absolute atomic E-state index is 0.0862. The average Bonchev–Trinajstić information content (AvgIpc) is 2.94. The number of para-hydroxylation sites is 2. The Bertz CT molecular complexity index is 1010. The largest absolute Gasteiger partial charge is 0.387 e. The number of anilines is 1. The average molecular weight is 449 g/mol. The Morgan fingerprint density at radius 3 is 1.52 bits per heavy atom. The van der Waals surface area contributed by atoms with Gasteiger partial charge in [-0.1, -0.05) is 91.8 Å². The first-order valence-corrected chi connectivity index (χ1v) is 12.1. The summed E-state index contributed by atoms with van der Waals surface area (Å²) < 4.78 is -0.107. The third-order valence-electron chi connectivity index (χ3n) is 6.32. The normalized spacial score (nSPS) is 17.2. The second-order valence-corrected chi connectivity index (χ2v) is 10.7. The number of nitrogens with zero attached hydrogens (tertiary/aromatic N) is 4. The SMILES string of the molecule is CC(C)c1cccc(C(C)C)c1N=C1[N-][N+](C)(C)C(=O)N1c1c(C(C)C)cccc1C(C)C. The molecule has 1 aliphatic heterocycles. The molecule has 3 rings (SSSR count). The van der Waals surface area contributed by atoms with Gasteiger partial charge in [-0.05, 0) is 51.6 Å². The maximum absolute atomic E-state index is 13.7. The Morgan fingerprint density at radius 1 is 0.727 bits per heavy atom. The molecule has 0 atom stereocenters. The van der Waals surface area contributed by atoms with E-state index in [9.17, 15) is 4.79 Å². The van der Waals surface area contributed by atoms with E-state index in [-0.39, 0.29) is 22.5 Å². The van der Waals surface area contributed by atoms with Gasteiger partial charge >= 0.3 is 6.03 Å². The number of carbonyl (C=O) groups is 1. The fourth-order valence-corrected chi connectivity index (χ4v) is 4.42. The van der Waals surface area contributed by atoms with Crippen LogP contribution in [0.1, 0.15) is 101 Å². The van der Waals surface area contributed by atoms with E-state index in [4.69, 9.17) is 10.4 Å². The second kappa shape index (κ2) is 9.30. The molecule has 0 N–H and O–H groups in total. The minimum atomic E-state index is -0.107. The van der Waals surface area contributed by atoms with E-state index in [1.54, 1.807) is 4.90 Å². The summed E-state index contributed by atoms with van der Waals surface area (Å²) in [5.41, 5.74) is 11.3. The maximum atomic E-state index is 13.7. The van der Waals surface area contributed by atoms with Crippen molar-refractivity contribution in [3.63, 3.8) is 0 Å². The Kier molecular flexibility index (Phi) is 7.04. The second-order valence-electron chi connectivity index (χ2n) is 10.7. The summed E-state index contributed by atoms with van der Waals surface area (Å²) in [6.45, 7) is 17.4. The lowest BCUT2D eigenvalue weighted by Gasteiger charge is -2.30. The molecule has 1 heterocycles. The van der Waals surface area contributed by atoms with Crippen molar-refractivity contribution in [1.82, 2.24) is 0 Å². The molecule has 33 heavy (non-hydrogen) atoms. The van der Waals surface area contributed by atoms with Crippen LogP contribution in [0.25, 0.3) is 5.43 Å². The van der Waals surface area contributed by atoms with Gasteiger partial charge in [0.05, 0.1) is 20.1 Å². The summed E-state index contributed by atoms with van der Waals surface area (Å²) in [6.07, 6.45) is 0. The predicted octanol–water partition coefficient (Wildman–Crippen LogP) is 8.17. The van der Waals surface area contributed by atoms with Crippen molar-refractivity contribution in [1.29, 1.82) is 0 Å². The third-order valence-corrected chi connectivity index (χ3v) is 6.32. The topological polar surface area (TPSA) is 46.8 Å². The van der Waals surface area contributed by atoms with E-state index in [0.717, 1.165) is 22.5 Å². The van der Waals surface area contributed by atoms with E-state index < -0.39 is 0 Å². The summed E-state index contributed by atoms with van der Waals surface area (Å²) in [4.78, 5) is 20.7. The molecule has 1 saturated heterocycles. The highest BCUT2D eigenvalue weighted by Crippen LogP contribution is 2.42. The third kappa shape index (κ3) is 4.70. The highest BCUT2D eigenvalue weighted by Gasteiger charge is 2.41. The number of guanidine groups is 1. The first-order valence-electron chi connectivity index (χ1n) is 12.1. The van der Waals surface area contributed by atoms with Crippen LogP contribution < -0.4 is 4.90 Å². The number of hydrogen-bond acceptors (Lipinski definition) is 2. The number of rotatable bonds is 6.